The minimum Gasteiger partial charge on any atom is -0.497 e. The molecular formula is C23H27NO4. The van der Waals surface area contributed by atoms with E-state index >= 15 is 0 Å². The van der Waals surface area contributed by atoms with E-state index in [1.165, 1.54) is 0 Å². The normalized spacial score (nSPS) is 17.5. The van der Waals surface area contributed by atoms with Gasteiger partial charge in [0.1, 0.15) is 11.2 Å². The highest BCUT2D eigenvalue weighted by Gasteiger charge is 2.44. The monoisotopic (exact) mass is 381 g/mol. The van der Waals surface area contributed by atoms with Crippen LogP contribution in [-0.4, -0.2) is 30.6 Å². The first-order chi connectivity index (χ1) is 13.4. The number of hydrogen-bond donors (Lipinski definition) is 2. The van der Waals surface area contributed by atoms with Crippen molar-refractivity contribution in [3.8, 4) is 5.75 Å². The lowest BCUT2D eigenvalue weighted by molar-refractivity contribution is -0.143. The molecule has 0 bridgehead atoms. The first kappa shape index (κ1) is 19.9. The second-order valence-corrected chi connectivity index (χ2v) is 7.70. The van der Waals surface area contributed by atoms with Crippen LogP contribution in [0.3, 0.4) is 0 Å². The maximum Gasteiger partial charge on any atom is 0.315 e. The van der Waals surface area contributed by atoms with E-state index < -0.39 is 16.8 Å². The van der Waals surface area contributed by atoms with Gasteiger partial charge in [0.2, 0.25) is 5.91 Å². The number of benzene rings is 2. The molecule has 2 aromatic carbocycles. The summed E-state index contributed by atoms with van der Waals surface area (Å²) in [6, 6.07) is 16.7. The predicted molar refractivity (Wildman–Crippen MR) is 108 cm³/mol. The standard InChI is InChI=1S/C23H27NO4/c1-22(21(26)27,17-8-4-3-5-9-17)16-24-20(25)23(14-6-7-15-23)18-10-12-19(28-2)13-11-18/h3-5,8-13H,6-7,14-16H2,1-2H3,(H,24,25)(H,26,27). The molecule has 5 heteroatoms. The molecule has 1 fully saturated rings. The quantitative estimate of drug-likeness (QED) is 0.767. The van der Waals surface area contributed by atoms with E-state index in [1.54, 1.807) is 26.2 Å². The number of rotatable bonds is 7. The number of carboxylic acid groups (broad SMARTS) is 1. The number of hydrogen-bond acceptors (Lipinski definition) is 3. The molecule has 0 aliphatic heterocycles. The maximum atomic E-state index is 13.3. The van der Waals surface area contributed by atoms with Gasteiger partial charge in [-0.1, -0.05) is 55.3 Å². The van der Waals surface area contributed by atoms with Gasteiger partial charge in [-0.3, -0.25) is 9.59 Å². The van der Waals surface area contributed by atoms with Gasteiger partial charge < -0.3 is 15.2 Å². The first-order valence-electron chi connectivity index (χ1n) is 9.64. The number of carbonyl (C=O) groups is 2. The fraction of sp³-hybridized carbons (Fsp3) is 0.391. The molecule has 2 N–H and O–H groups in total. The molecule has 0 saturated heterocycles. The minimum atomic E-state index is -1.18. The average Bonchev–Trinajstić information content (AvgIpc) is 3.23. The second kappa shape index (κ2) is 8.05. The summed E-state index contributed by atoms with van der Waals surface area (Å²) in [4.78, 5) is 25.3. The number of carbonyl (C=O) groups excluding carboxylic acids is 1. The van der Waals surface area contributed by atoms with Gasteiger partial charge in [0.05, 0.1) is 12.5 Å². The molecule has 3 rings (SSSR count). The zero-order valence-corrected chi connectivity index (χ0v) is 16.4. The maximum absolute atomic E-state index is 13.3. The van der Waals surface area contributed by atoms with E-state index in [0.717, 1.165) is 37.0 Å². The summed E-state index contributed by atoms with van der Waals surface area (Å²) < 4.78 is 5.23. The van der Waals surface area contributed by atoms with E-state index in [1.807, 2.05) is 42.5 Å². The summed E-state index contributed by atoms with van der Waals surface area (Å²) >= 11 is 0. The average molecular weight is 381 g/mol. The lowest BCUT2D eigenvalue weighted by Crippen LogP contribution is -2.50. The van der Waals surface area contributed by atoms with Crippen LogP contribution in [0.1, 0.15) is 43.7 Å². The lowest BCUT2D eigenvalue weighted by Gasteiger charge is -2.32. The fourth-order valence-corrected chi connectivity index (χ4v) is 4.07. The van der Waals surface area contributed by atoms with Crippen molar-refractivity contribution in [2.24, 2.45) is 0 Å². The minimum absolute atomic E-state index is 0.0447. The highest BCUT2D eigenvalue weighted by Crippen LogP contribution is 2.42. The van der Waals surface area contributed by atoms with Crippen molar-refractivity contribution < 1.29 is 19.4 Å². The molecule has 2 aromatic rings. The van der Waals surface area contributed by atoms with Crippen molar-refractivity contribution >= 4 is 11.9 Å². The van der Waals surface area contributed by atoms with Gasteiger partial charge >= 0.3 is 5.97 Å². The van der Waals surface area contributed by atoms with Crippen LogP contribution in [0.15, 0.2) is 54.6 Å². The Bertz CT molecular complexity index is 825. The van der Waals surface area contributed by atoms with Gasteiger partial charge in [0.15, 0.2) is 0 Å². The van der Waals surface area contributed by atoms with E-state index in [-0.39, 0.29) is 12.5 Å². The van der Waals surface area contributed by atoms with Crippen LogP contribution in [0.4, 0.5) is 0 Å². The molecule has 0 aromatic heterocycles. The van der Waals surface area contributed by atoms with Crippen LogP contribution < -0.4 is 10.1 Å². The van der Waals surface area contributed by atoms with Gasteiger partial charge in [-0.15, -0.1) is 0 Å². The molecule has 1 unspecified atom stereocenters. The van der Waals surface area contributed by atoms with Crippen LogP contribution in [-0.2, 0) is 20.4 Å². The van der Waals surface area contributed by atoms with Gasteiger partial charge in [0, 0.05) is 6.54 Å². The van der Waals surface area contributed by atoms with E-state index in [4.69, 9.17) is 4.74 Å². The summed E-state index contributed by atoms with van der Waals surface area (Å²) in [5, 5.41) is 12.8. The number of ether oxygens (including phenoxy) is 1. The van der Waals surface area contributed by atoms with E-state index in [9.17, 15) is 14.7 Å². The third-order valence-electron chi connectivity index (χ3n) is 6.02. The Labute approximate surface area is 165 Å². The number of nitrogens with one attached hydrogen (secondary N) is 1. The Kier molecular flexibility index (Phi) is 5.73. The van der Waals surface area contributed by atoms with Crippen molar-refractivity contribution in [1.82, 2.24) is 5.32 Å². The third-order valence-corrected chi connectivity index (χ3v) is 6.02. The number of methoxy groups -OCH3 is 1. The second-order valence-electron chi connectivity index (χ2n) is 7.70. The molecule has 1 saturated carbocycles. The molecule has 1 atom stereocenters. The lowest BCUT2D eigenvalue weighted by atomic mass is 9.77. The summed E-state index contributed by atoms with van der Waals surface area (Å²) in [5.41, 5.74) is -0.160. The van der Waals surface area contributed by atoms with Gasteiger partial charge in [0.25, 0.3) is 0 Å². The van der Waals surface area contributed by atoms with Gasteiger partial charge in [-0.05, 0) is 43.0 Å². The summed E-state index contributed by atoms with van der Waals surface area (Å²) in [6.07, 6.45) is 3.49. The SMILES string of the molecule is COc1ccc(C2(C(=O)NCC(C)(C(=O)O)c3ccccc3)CCCC2)cc1. The number of carboxylic acids is 1. The molecule has 5 nitrogen and oxygen atoms in total. The molecular weight excluding hydrogens is 354 g/mol. The van der Waals surface area contributed by atoms with Crippen LogP contribution in [0.2, 0.25) is 0 Å². The van der Waals surface area contributed by atoms with Crippen molar-refractivity contribution in [2.45, 2.75) is 43.4 Å². The Morgan fingerprint density at radius 2 is 1.68 bits per heavy atom. The number of amides is 1. The summed E-state index contributed by atoms with van der Waals surface area (Å²) in [6.45, 7) is 1.70. The summed E-state index contributed by atoms with van der Waals surface area (Å²) in [5.74, 6) is -0.303. The van der Waals surface area contributed by atoms with Crippen LogP contribution >= 0.6 is 0 Å². The van der Waals surface area contributed by atoms with Crippen molar-refractivity contribution in [2.75, 3.05) is 13.7 Å². The van der Waals surface area contributed by atoms with Gasteiger partial charge in [-0.2, -0.15) is 0 Å². The molecule has 1 aliphatic rings. The fourth-order valence-electron chi connectivity index (χ4n) is 4.07. The zero-order valence-electron chi connectivity index (χ0n) is 16.4. The molecule has 28 heavy (non-hydrogen) atoms. The first-order valence-corrected chi connectivity index (χ1v) is 9.64. The third kappa shape index (κ3) is 3.61. The largest absolute Gasteiger partial charge is 0.497 e. The van der Waals surface area contributed by atoms with Gasteiger partial charge in [-0.25, -0.2) is 0 Å². The molecule has 0 spiro atoms. The van der Waals surface area contributed by atoms with Crippen molar-refractivity contribution in [3.63, 3.8) is 0 Å². The number of aliphatic carboxylic acids is 1. The van der Waals surface area contributed by atoms with Crippen molar-refractivity contribution in [1.29, 1.82) is 0 Å². The highest BCUT2D eigenvalue weighted by molar-refractivity contribution is 5.90. The topological polar surface area (TPSA) is 75.6 Å². The molecule has 1 amide bonds. The zero-order chi connectivity index (χ0) is 20.2. The van der Waals surface area contributed by atoms with Crippen LogP contribution in [0, 0.1) is 0 Å². The van der Waals surface area contributed by atoms with E-state index in [0.29, 0.717) is 5.56 Å². The molecule has 1 aliphatic carbocycles. The Morgan fingerprint density at radius 3 is 2.21 bits per heavy atom. The Hall–Kier alpha value is -2.82. The predicted octanol–water partition coefficient (Wildman–Crippen LogP) is 3.67. The van der Waals surface area contributed by atoms with Crippen LogP contribution in [0.5, 0.6) is 5.75 Å². The summed E-state index contributed by atoms with van der Waals surface area (Å²) in [7, 11) is 1.61. The van der Waals surface area contributed by atoms with Crippen molar-refractivity contribution in [3.05, 3.63) is 65.7 Å². The molecule has 148 valence electrons. The smallest absolute Gasteiger partial charge is 0.315 e. The highest BCUT2D eigenvalue weighted by atomic mass is 16.5. The Morgan fingerprint density at radius 1 is 1.07 bits per heavy atom. The van der Waals surface area contributed by atoms with Crippen LogP contribution in [0.25, 0.3) is 0 Å². The molecule has 0 heterocycles. The van der Waals surface area contributed by atoms with E-state index in [2.05, 4.69) is 5.32 Å². The molecule has 0 radical (unpaired) electrons. The Balaban J connectivity index is 1.83.